The number of methoxy groups -OCH3 is 1. The van der Waals surface area contributed by atoms with E-state index in [0.717, 1.165) is 5.56 Å². The third-order valence-corrected chi connectivity index (χ3v) is 2.42. The van der Waals surface area contributed by atoms with Gasteiger partial charge in [0, 0.05) is 0 Å². The molecule has 2 N–H and O–H groups in total. The summed E-state index contributed by atoms with van der Waals surface area (Å²) < 4.78 is 5.08. The van der Waals surface area contributed by atoms with Crippen molar-refractivity contribution in [3.63, 3.8) is 0 Å². The minimum atomic E-state index is -0.0823. The Morgan fingerprint density at radius 1 is 1.57 bits per heavy atom. The monoisotopic (exact) mass is 215 g/mol. The lowest BCUT2D eigenvalue weighted by molar-refractivity contribution is 0.250. The van der Waals surface area contributed by atoms with Gasteiger partial charge in [-0.3, -0.25) is 0 Å². The van der Waals surface area contributed by atoms with E-state index in [9.17, 15) is 0 Å². The van der Waals surface area contributed by atoms with Crippen molar-refractivity contribution in [2.45, 2.75) is 6.04 Å². The zero-order valence-electron chi connectivity index (χ0n) is 8.25. The molecule has 78 valence electrons. The minimum Gasteiger partial charge on any atom is -0.495 e. The van der Waals surface area contributed by atoms with Crippen LogP contribution in [-0.2, 0) is 0 Å². The van der Waals surface area contributed by atoms with Gasteiger partial charge in [-0.05, 0) is 24.7 Å². The average Bonchev–Trinajstić information content (AvgIpc) is 2.22. The van der Waals surface area contributed by atoms with Gasteiger partial charge < -0.3 is 15.2 Å². The van der Waals surface area contributed by atoms with Gasteiger partial charge >= 0.3 is 0 Å². The minimum absolute atomic E-state index is 0.0429. The molecule has 0 amide bonds. The summed E-state index contributed by atoms with van der Waals surface area (Å²) in [6.45, 7) is 0.0429. The number of likely N-dealkylation sites (N-methyl/N-ethyl adjacent to an activating group) is 1. The van der Waals surface area contributed by atoms with E-state index < -0.39 is 0 Å². The maximum atomic E-state index is 9.08. The van der Waals surface area contributed by atoms with Gasteiger partial charge in [-0.25, -0.2) is 0 Å². The Bertz CT molecular complexity index is 300. The summed E-state index contributed by atoms with van der Waals surface area (Å²) in [6, 6.07) is 5.36. The Kier molecular flexibility index (Phi) is 4.20. The quantitative estimate of drug-likeness (QED) is 0.802. The molecule has 0 aromatic heterocycles. The molecule has 0 aliphatic rings. The predicted molar refractivity (Wildman–Crippen MR) is 56.9 cm³/mol. The summed E-state index contributed by atoms with van der Waals surface area (Å²) in [4.78, 5) is 0. The van der Waals surface area contributed by atoms with Gasteiger partial charge in [-0.1, -0.05) is 17.7 Å². The standard InChI is InChI=1S/C10H14ClNO2/c1-12-9(6-13)7-3-4-8(11)10(5-7)14-2/h3-5,9,12-13H,6H2,1-2H3/t9-/m1/s1. The van der Waals surface area contributed by atoms with Crippen LogP contribution in [0.1, 0.15) is 11.6 Å². The highest BCUT2D eigenvalue weighted by atomic mass is 35.5. The van der Waals surface area contributed by atoms with Crippen molar-refractivity contribution in [2.75, 3.05) is 20.8 Å². The first-order valence-corrected chi connectivity index (χ1v) is 4.72. The van der Waals surface area contributed by atoms with Gasteiger partial charge in [0.1, 0.15) is 5.75 Å². The Labute approximate surface area is 88.7 Å². The van der Waals surface area contributed by atoms with E-state index in [4.69, 9.17) is 21.4 Å². The van der Waals surface area contributed by atoms with E-state index in [1.807, 2.05) is 12.1 Å². The van der Waals surface area contributed by atoms with Crippen molar-refractivity contribution in [1.29, 1.82) is 0 Å². The fourth-order valence-corrected chi connectivity index (χ4v) is 1.45. The lowest BCUT2D eigenvalue weighted by Crippen LogP contribution is -2.19. The van der Waals surface area contributed by atoms with Crippen molar-refractivity contribution in [3.05, 3.63) is 28.8 Å². The summed E-state index contributed by atoms with van der Waals surface area (Å²) in [5.41, 5.74) is 0.955. The van der Waals surface area contributed by atoms with Crippen LogP contribution < -0.4 is 10.1 Å². The maximum Gasteiger partial charge on any atom is 0.137 e. The second kappa shape index (κ2) is 5.20. The van der Waals surface area contributed by atoms with E-state index >= 15 is 0 Å². The lowest BCUT2D eigenvalue weighted by atomic mass is 10.1. The third kappa shape index (κ3) is 2.38. The van der Waals surface area contributed by atoms with Gasteiger partial charge in [-0.15, -0.1) is 0 Å². The highest BCUT2D eigenvalue weighted by Crippen LogP contribution is 2.27. The molecule has 0 saturated heterocycles. The van der Waals surface area contributed by atoms with Crippen LogP contribution in [0.15, 0.2) is 18.2 Å². The molecule has 4 heteroatoms. The van der Waals surface area contributed by atoms with Crippen LogP contribution in [0.4, 0.5) is 0 Å². The molecular formula is C10H14ClNO2. The number of rotatable bonds is 4. The molecule has 1 atom stereocenters. The summed E-state index contributed by atoms with van der Waals surface area (Å²) in [6.07, 6.45) is 0. The number of hydrogen-bond acceptors (Lipinski definition) is 3. The van der Waals surface area contributed by atoms with Crippen molar-refractivity contribution in [2.24, 2.45) is 0 Å². The number of halogens is 1. The van der Waals surface area contributed by atoms with E-state index in [0.29, 0.717) is 10.8 Å². The number of ether oxygens (including phenoxy) is 1. The molecule has 0 fully saturated rings. The molecule has 0 bridgehead atoms. The molecule has 3 nitrogen and oxygen atoms in total. The molecule has 0 aliphatic heterocycles. The van der Waals surface area contributed by atoms with Crippen LogP contribution in [-0.4, -0.2) is 25.9 Å². The first-order chi connectivity index (χ1) is 6.72. The van der Waals surface area contributed by atoms with Crippen molar-refractivity contribution < 1.29 is 9.84 Å². The molecule has 0 radical (unpaired) electrons. The SMILES string of the molecule is CN[C@H](CO)c1ccc(Cl)c(OC)c1. The first-order valence-electron chi connectivity index (χ1n) is 4.34. The van der Waals surface area contributed by atoms with E-state index in [-0.39, 0.29) is 12.6 Å². The number of aliphatic hydroxyl groups excluding tert-OH is 1. The number of aliphatic hydroxyl groups is 1. The van der Waals surface area contributed by atoms with Crippen molar-refractivity contribution in [3.8, 4) is 5.75 Å². The van der Waals surface area contributed by atoms with Crippen LogP contribution in [0.25, 0.3) is 0 Å². The molecule has 0 heterocycles. The predicted octanol–water partition coefficient (Wildman–Crippen LogP) is 1.60. The van der Waals surface area contributed by atoms with Gasteiger partial charge in [-0.2, -0.15) is 0 Å². The van der Waals surface area contributed by atoms with Crippen molar-refractivity contribution >= 4 is 11.6 Å². The van der Waals surface area contributed by atoms with Crippen LogP contribution >= 0.6 is 11.6 Å². The van der Waals surface area contributed by atoms with E-state index in [1.165, 1.54) is 0 Å². The molecule has 14 heavy (non-hydrogen) atoms. The second-order valence-corrected chi connectivity index (χ2v) is 3.33. The molecular weight excluding hydrogens is 202 g/mol. The highest BCUT2D eigenvalue weighted by molar-refractivity contribution is 6.32. The topological polar surface area (TPSA) is 41.5 Å². The fraction of sp³-hybridized carbons (Fsp3) is 0.400. The zero-order chi connectivity index (χ0) is 10.6. The smallest absolute Gasteiger partial charge is 0.137 e. The van der Waals surface area contributed by atoms with Crippen molar-refractivity contribution in [1.82, 2.24) is 5.32 Å². The van der Waals surface area contributed by atoms with Crippen LogP contribution in [0, 0.1) is 0 Å². The molecule has 0 unspecified atom stereocenters. The van der Waals surface area contributed by atoms with E-state index in [1.54, 1.807) is 20.2 Å². The summed E-state index contributed by atoms with van der Waals surface area (Å²) in [7, 11) is 3.36. The van der Waals surface area contributed by atoms with Gasteiger partial charge in [0.15, 0.2) is 0 Å². The molecule has 0 spiro atoms. The van der Waals surface area contributed by atoms with Crippen LogP contribution in [0.2, 0.25) is 5.02 Å². The number of nitrogens with one attached hydrogen (secondary N) is 1. The van der Waals surface area contributed by atoms with Gasteiger partial charge in [0.2, 0.25) is 0 Å². The molecule has 1 aromatic carbocycles. The van der Waals surface area contributed by atoms with Crippen LogP contribution in [0.5, 0.6) is 5.75 Å². The number of benzene rings is 1. The Morgan fingerprint density at radius 2 is 2.29 bits per heavy atom. The van der Waals surface area contributed by atoms with Gasteiger partial charge in [0.25, 0.3) is 0 Å². The molecule has 1 aromatic rings. The summed E-state index contributed by atoms with van der Waals surface area (Å²) in [5.74, 6) is 0.623. The maximum absolute atomic E-state index is 9.08. The largest absolute Gasteiger partial charge is 0.495 e. The van der Waals surface area contributed by atoms with E-state index in [2.05, 4.69) is 5.32 Å². The highest BCUT2D eigenvalue weighted by Gasteiger charge is 2.09. The Morgan fingerprint density at radius 3 is 2.79 bits per heavy atom. The molecule has 1 rings (SSSR count). The lowest BCUT2D eigenvalue weighted by Gasteiger charge is -2.14. The Balaban J connectivity index is 2.98. The summed E-state index contributed by atoms with van der Waals surface area (Å²) >= 11 is 5.88. The molecule has 0 saturated carbocycles. The fourth-order valence-electron chi connectivity index (χ4n) is 1.26. The van der Waals surface area contributed by atoms with Crippen LogP contribution in [0.3, 0.4) is 0 Å². The molecule has 0 aliphatic carbocycles. The Hall–Kier alpha value is -0.770. The number of hydrogen-bond donors (Lipinski definition) is 2. The summed E-state index contributed by atoms with van der Waals surface area (Å²) in [5, 5.41) is 12.6. The first kappa shape index (κ1) is 11.3. The second-order valence-electron chi connectivity index (χ2n) is 2.92. The third-order valence-electron chi connectivity index (χ3n) is 2.11. The normalized spacial score (nSPS) is 12.6. The van der Waals surface area contributed by atoms with Gasteiger partial charge in [0.05, 0.1) is 24.8 Å². The average molecular weight is 216 g/mol. The zero-order valence-corrected chi connectivity index (χ0v) is 9.01.